The van der Waals surface area contributed by atoms with E-state index in [2.05, 4.69) is 24.5 Å². The zero-order chi connectivity index (χ0) is 51.2. The molecule has 0 aromatic heterocycles. The molecule has 0 heterocycles. The van der Waals surface area contributed by atoms with Crippen molar-refractivity contribution in [1.82, 2.24) is 10.6 Å². The van der Waals surface area contributed by atoms with Crippen LogP contribution in [0.2, 0.25) is 0 Å². The third-order valence-electron chi connectivity index (χ3n) is 12.3. The molecule has 0 saturated carbocycles. The summed E-state index contributed by atoms with van der Waals surface area (Å²) in [5, 5.41) is 22.7. The predicted molar refractivity (Wildman–Crippen MR) is 267 cm³/mol. The van der Waals surface area contributed by atoms with Crippen molar-refractivity contribution in [2.75, 3.05) is 13.2 Å². The molecular weight excluding hydrogens is 887 g/mol. The Kier molecular flexibility index (Phi) is 43.3. The maximum Gasteiger partial charge on any atom is 0.306 e. The molecule has 0 spiro atoms. The van der Waals surface area contributed by atoms with Gasteiger partial charge in [-0.2, -0.15) is 0 Å². The average molecular weight is 982 g/mol. The minimum Gasteiger partial charge on any atom is -0.481 e. The number of carboxylic acids is 2. The molecule has 6 N–H and O–H groups in total. The number of primary amides is 1. The van der Waals surface area contributed by atoms with Crippen molar-refractivity contribution in [1.29, 1.82) is 0 Å². The Morgan fingerprint density at radius 2 is 0.739 bits per heavy atom. The van der Waals surface area contributed by atoms with Gasteiger partial charge in [0, 0.05) is 32.1 Å². The molecule has 0 rings (SSSR count). The second-order valence-electron chi connectivity index (χ2n) is 18.8. The van der Waals surface area contributed by atoms with Gasteiger partial charge in [0.2, 0.25) is 17.7 Å². The number of esters is 3. The first kappa shape index (κ1) is 64.8. The van der Waals surface area contributed by atoms with E-state index in [-0.39, 0.29) is 32.3 Å². The molecule has 0 aliphatic heterocycles. The van der Waals surface area contributed by atoms with Gasteiger partial charge in [-0.05, 0) is 25.7 Å². The summed E-state index contributed by atoms with van der Waals surface area (Å²) < 4.78 is 16.4. The highest BCUT2D eigenvalue weighted by atomic mass is 16.6. The van der Waals surface area contributed by atoms with Gasteiger partial charge in [0.15, 0.2) is 6.10 Å². The van der Waals surface area contributed by atoms with Crippen LogP contribution in [0.15, 0.2) is 0 Å². The summed E-state index contributed by atoms with van der Waals surface area (Å²) in [6, 6.07) is -2.82. The smallest absolute Gasteiger partial charge is 0.306 e. The van der Waals surface area contributed by atoms with Crippen molar-refractivity contribution < 1.29 is 62.8 Å². The molecule has 3 atom stereocenters. The summed E-state index contributed by atoms with van der Waals surface area (Å²) in [7, 11) is 0. The molecule has 0 radical (unpaired) electrons. The number of rotatable bonds is 50. The SMILES string of the molecule is CCCCCCCCCCCCCCCCCC(=O)OCC(COC(=O)CCC(=O)NC(CCC(=O)O)C(=O)NC(CCC(=O)O)C(N)=O)OC(=O)CCCCCCCCCCCCCCCCC. The number of carbonyl (C=O) groups is 8. The fraction of sp³-hybridized carbons (Fsp3) is 0.849. The number of carboxylic acid groups (broad SMARTS) is 2. The first-order valence-corrected chi connectivity index (χ1v) is 27.1. The van der Waals surface area contributed by atoms with Crippen LogP contribution in [0.25, 0.3) is 0 Å². The molecule has 400 valence electrons. The molecule has 69 heavy (non-hydrogen) atoms. The van der Waals surface area contributed by atoms with E-state index in [1.807, 2.05) is 0 Å². The second kappa shape index (κ2) is 46.2. The Hall–Kier alpha value is -4.24. The zero-order valence-electron chi connectivity index (χ0n) is 43.0. The number of carbonyl (C=O) groups excluding carboxylic acids is 6. The standard InChI is InChI=1S/C53H95N3O13/c1-3-5-7-9-11-13-15-17-19-21-23-25-27-29-31-33-49(62)67-41-43(69-51(64)34-32-30-28-26-24-22-20-18-16-14-12-10-8-6-4-2)42-68-50(63)40-37-46(57)55-45(36-39-48(60)61)53(66)56-44(52(54)65)35-38-47(58)59/h43-45H,3-42H2,1-2H3,(H2,54,65)(H,55,57)(H,56,66)(H,58,59)(H,60,61). The molecule has 0 saturated heterocycles. The van der Waals surface area contributed by atoms with Crippen LogP contribution in [0.1, 0.15) is 258 Å². The molecule has 0 fully saturated rings. The van der Waals surface area contributed by atoms with Crippen LogP contribution in [0, 0.1) is 0 Å². The van der Waals surface area contributed by atoms with E-state index in [4.69, 9.17) is 30.2 Å². The maximum absolute atomic E-state index is 12.9. The van der Waals surface area contributed by atoms with E-state index in [0.717, 1.165) is 38.5 Å². The van der Waals surface area contributed by atoms with Gasteiger partial charge in [0.1, 0.15) is 25.3 Å². The summed E-state index contributed by atoms with van der Waals surface area (Å²) in [4.78, 5) is 98.0. The quantitative estimate of drug-likeness (QED) is 0.0216. The van der Waals surface area contributed by atoms with Crippen LogP contribution in [0.5, 0.6) is 0 Å². The van der Waals surface area contributed by atoms with Crippen LogP contribution >= 0.6 is 0 Å². The van der Waals surface area contributed by atoms with E-state index in [1.54, 1.807) is 0 Å². The van der Waals surface area contributed by atoms with Crippen molar-refractivity contribution in [2.45, 2.75) is 276 Å². The van der Waals surface area contributed by atoms with Gasteiger partial charge >= 0.3 is 29.8 Å². The second-order valence-corrected chi connectivity index (χ2v) is 18.8. The van der Waals surface area contributed by atoms with E-state index >= 15 is 0 Å². The van der Waals surface area contributed by atoms with Crippen LogP contribution in [0.3, 0.4) is 0 Å². The van der Waals surface area contributed by atoms with Crippen molar-refractivity contribution in [3.63, 3.8) is 0 Å². The summed E-state index contributed by atoms with van der Waals surface area (Å²) in [5.41, 5.74) is 5.29. The van der Waals surface area contributed by atoms with Crippen LogP contribution in [0.4, 0.5) is 0 Å². The van der Waals surface area contributed by atoms with E-state index in [9.17, 15) is 38.4 Å². The predicted octanol–water partition coefficient (Wildman–Crippen LogP) is 10.5. The number of hydrogen-bond acceptors (Lipinski definition) is 11. The first-order chi connectivity index (χ1) is 33.3. The van der Waals surface area contributed by atoms with Crippen molar-refractivity contribution in [2.24, 2.45) is 5.73 Å². The van der Waals surface area contributed by atoms with Gasteiger partial charge in [-0.15, -0.1) is 0 Å². The highest BCUT2D eigenvalue weighted by Gasteiger charge is 2.27. The Labute approximate surface area is 414 Å². The topological polar surface area (TPSA) is 255 Å². The maximum atomic E-state index is 12.9. The zero-order valence-corrected chi connectivity index (χ0v) is 43.0. The number of nitrogens with two attached hydrogens (primary N) is 1. The molecular formula is C53H95N3O13. The van der Waals surface area contributed by atoms with Crippen molar-refractivity contribution in [3.8, 4) is 0 Å². The molecule has 0 bridgehead atoms. The molecule has 0 aromatic carbocycles. The summed E-state index contributed by atoms with van der Waals surface area (Å²) >= 11 is 0. The first-order valence-electron chi connectivity index (χ1n) is 27.1. The molecule has 3 unspecified atom stereocenters. The Morgan fingerprint density at radius 1 is 0.406 bits per heavy atom. The van der Waals surface area contributed by atoms with Gasteiger partial charge in [-0.1, -0.05) is 194 Å². The number of nitrogens with one attached hydrogen (secondary N) is 2. The van der Waals surface area contributed by atoms with Crippen molar-refractivity contribution in [3.05, 3.63) is 0 Å². The van der Waals surface area contributed by atoms with Gasteiger partial charge in [-0.25, -0.2) is 0 Å². The number of hydrogen-bond donors (Lipinski definition) is 5. The lowest BCUT2D eigenvalue weighted by Gasteiger charge is -2.21. The molecule has 0 aliphatic rings. The Bertz CT molecular complexity index is 1390. The summed E-state index contributed by atoms with van der Waals surface area (Å²) in [6.07, 6.45) is 32.6. The van der Waals surface area contributed by atoms with Gasteiger partial charge in [0.05, 0.1) is 6.42 Å². The van der Waals surface area contributed by atoms with Crippen LogP contribution in [-0.2, 0) is 52.6 Å². The van der Waals surface area contributed by atoms with Crippen molar-refractivity contribution >= 4 is 47.6 Å². The molecule has 0 aromatic rings. The number of amides is 3. The van der Waals surface area contributed by atoms with E-state index in [1.165, 1.54) is 141 Å². The highest BCUT2D eigenvalue weighted by Crippen LogP contribution is 2.16. The molecule has 16 heteroatoms. The molecule has 0 aliphatic carbocycles. The van der Waals surface area contributed by atoms with Gasteiger partial charge < -0.3 is 40.8 Å². The van der Waals surface area contributed by atoms with E-state index < -0.39 is 98.0 Å². The van der Waals surface area contributed by atoms with E-state index in [0.29, 0.717) is 12.8 Å². The lowest BCUT2D eigenvalue weighted by Crippen LogP contribution is -2.53. The minimum absolute atomic E-state index is 0.159. The third-order valence-corrected chi connectivity index (χ3v) is 12.3. The average Bonchev–Trinajstić information content (AvgIpc) is 3.31. The van der Waals surface area contributed by atoms with Crippen LogP contribution < -0.4 is 16.4 Å². The molecule has 3 amide bonds. The molecule has 16 nitrogen and oxygen atoms in total. The number of unbranched alkanes of at least 4 members (excludes halogenated alkanes) is 28. The Morgan fingerprint density at radius 3 is 1.10 bits per heavy atom. The number of aliphatic carboxylic acids is 2. The number of ether oxygens (including phenoxy) is 3. The summed E-state index contributed by atoms with van der Waals surface area (Å²) in [6.45, 7) is 3.74. The van der Waals surface area contributed by atoms with Crippen LogP contribution in [-0.4, -0.2) is 89.2 Å². The monoisotopic (exact) mass is 982 g/mol. The lowest BCUT2D eigenvalue weighted by molar-refractivity contribution is -0.167. The third kappa shape index (κ3) is 43.5. The highest BCUT2D eigenvalue weighted by molar-refractivity contribution is 5.92. The fourth-order valence-electron chi connectivity index (χ4n) is 8.00. The fourth-order valence-corrected chi connectivity index (χ4v) is 8.00. The van der Waals surface area contributed by atoms with Gasteiger partial charge in [0.25, 0.3) is 0 Å². The largest absolute Gasteiger partial charge is 0.481 e. The van der Waals surface area contributed by atoms with Gasteiger partial charge in [-0.3, -0.25) is 38.4 Å². The minimum atomic E-state index is -1.44. The Balaban J connectivity index is 4.95. The summed E-state index contributed by atoms with van der Waals surface area (Å²) in [5.74, 6) is -7.06. The lowest BCUT2D eigenvalue weighted by atomic mass is 10.0. The normalized spacial score (nSPS) is 12.4.